The van der Waals surface area contributed by atoms with Crippen LogP contribution < -0.4 is 10.9 Å². The SMILES string of the molecule is CC(=O)c1ccccc1NC(=O)c1ccc2c(=O)n3c(nc2c1)CCCCC3. The number of Topliss-reactive ketones (excluding diaryl/α,β-unsaturated/α-hetero) is 1. The minimum absolute atomic E-state index is 0.0456. The third-order valence-corrected chi connectivity index (χ3v) is 5.13. The second-order valence-corrected chi connectivity index (χ2v) is 7.08. The minimum atomic E-state index is -0.340. The quantitative estimate of drug-likeness (QED) is 0.710. The van der Waals surface area contributed by atoms with E-state index in [2.05, 4.69) is 10.3 Å². The van der Waals surface area contributed by atoms with Gasteiger partial charge < -0.3 is 5.32 Å². The number of nitrogens with zero attached hydrogens (tertiary/aromatic N) is 2. The fourth-order valence-electron chi connectivity index (χ4n) is 3.65. The molecule has 0 spiro atoms. The van der Waals surface area contributed by atoms with Gasteiger partial charge in [0.05, 0.1) is 16.6 Å². The van der Waals surface area contributed by atoms with Crippen molar-refractivity contribution in [3.8, 4) is 0 Å². The summed E-state index contributed by atoms with van der Waals surface area (Å²) < 4.78 is 1.76. The van der Waals surface area contributed by atoms with E-state index < -0.39 is 0 Å². The van der Waals surface area contributed by atoms with Gasteiger partial charge in [-0.05, 0) is 50.1 Å². The summed E-state index contributed by atoms with van der Waals surface area (Å²) in [5, 5.41) is 3.31. The number of carbonyl (C=O) groups is 2. The number of benzene rings is 2. The third kappa shape index (κ3) is 3.33. The Kier molecular flexibility index (Phi) is 4.77. The lowest BCUT2D eigenvalue weighted by Crippen LogP contribution is -2.24. The van der Waals surface area contributed by atoms with Crippen molar-refractivity contribution >= 4 is 28.3 Å². The zero-order valence-electron chi connectivity index (χ0n) is 15.7. The molecule has 0 saturated carbocycles. The van der Waals surface area contributed by atoms with Crippen molar-refractivity contribution < 1.29 is 9.59 Å². The molecule has 2 aromatic carbocycles. The zero-order valence-corrected chi connectivity index (χ0v) is 15.7. The maximum atomic E-state index is 12.8. The molecule has 2 heterocycles. The van der Waals surface area contributed by atoms with Gasteiger partial charge in [0.1, 0.15) is 5.82 Å². The van der Waals surface area contributed by atoms with Crippen LogP contribution in [0.1, 0.15) is 52.7 Å². The van der Waals surface area contributed by atoms with E-state index in [1.807, 2.05) is 0 Å². The normalized spacial score (nSPS) is 13.6. The number of aromatic nitrogens is 2. The van der Waals surface area contributed by atoms with Gasteiger partial charge in [-0.25, -0.2) is 4.98 Å². The predicted molar refractivity (Wildman–Crippen MR) is 108 cm³/mol. The van der Waals surface area contributed by atoms with Gasteiger partial charge >= 0.3 is 0 Å². The fraction of sp³-hybridized carbons (Fsp3) is 0.273. The molecular formula is C22H21N3O3. The monoisotopic (exact) mass is 375 g/mol. The van der Waals surface area contributed by atoms with E-state index in [9.17, 15) is 14.4 Å². The van der Waals surface area contributed by atoms with Crippen LogP contribution in [0.15, 0.2) is 47.3 Å². The van der Waals surface area contributed by atoms with E-state index >= 15 is 0 Å². The van der Waals surface area contributed by atoms with Crippen molar-refractivity contribution in [3.63, 3.8) is 0 Å². The lowest BCUT2D eigenvalue weighted by molar-refractivity contribution is 0.101. The van der Waals surface area contributed by atoms with E-state index in [4.69, 9.17) is 0 Å². The zero-order chi connectivity index (χ0) is 19.7. The van der Waals surface area contributed by atoms with Gasteiger partial charge in [-0.1, -0.05) is 18.6 Å². The van der Waals surface area contributed by atoms with Gasteiger partial charge in [-0.15, -0.1) is 0 Å². The van der Waals surface area contributed by atoms with Crippen LogP contribution in [0.2, 0.25) is 0 Å². The Morgan fingerprint density at radius 3 is 2.71 bits per heavy atom. The number of hydrogen-bond donors (Lipinski definition) is 1. The number of rotatable bonds is 3. The Balaban J connectivity index is 1.71. The standard InChI is InChI=1S/C22H21N3O3/c1-14(26)16-7-4-5-8-18(16)24-21(27)15-10-11-17-19(13-15)23-20-9-3-2-6-12-25(20)22(17)28/h4-5,7-8,10-11,13H,2-3,6,9,12H2,1H3,(H,24,27). The molecule has 28 heavy (non-hydrogen) atoms. The summed E-state index contributed by atoms with van der Waals surface area (Å²) >= 11 is 0. The number of para-hydroxylation sites is 1. The van der Waals surface area contributed by atoms with Crippen molar-refractivity contribution in [2.75, 3.05) is 5.32 Å². The van der Waals surface area contributed by atoms with E-state index in [0.29, 0.717) is 34.3 Å². The molecule has 1 aliphatic heterocycles. The molecular weight excluding hydrogens is 354 g/mol. The number of hydrogen-bond acceptors (Lipinski definition) is 4. The van der Waals surface area contributed by atoms with Crippen LogP contribution in [0.5, 0.6) is 0 Å². The van der Waals surface area contributed by atoms with E-state index in [1.54, 1.807) is 47.0 Å². The average Bonchev–Trinajstić information content (AvgIpc) is 2.93. The number of aryl methyl sites for hydroxylation is 1. The number of nitrogens with one attached hydrogen (secondary N) is 1. The molecule has 4 rings (SSSR count). The van der Waals surface area contributed by atoms with Crippen molar-refractivity contribution in [2.45, 2.75) is 39.2 Å². The molecule has 6 heteroatoms. The Hall–Kier alpha value is -3.28. The molecule has 142 valence electrons. The Bertz CT molecular complexity index is 1150. The first-order valence-corrected chi connectivity index (χ1v) is 9.49. The topological polar surface area (TPSA) is 81.1 Å². The summed E-state index contributed by atoms with van der Waals surface area (Å²) in [5.74, 6) is 0.328. The molecule has 0 radical (unpaired) electrons. The third-order valence-electron chi connectivity index (χ3n) is 5.13. The van der Waals surface area contributed by atoms with Crippen molar-refractivity contribution in [1.82, 2.24) is 9.55 Å². The lowest BCUT2D eigenvalue weighted by atomic mass is 10.1. The second-order valence-electron chi connectivity index (χ2n) is 7.08. The number of fused-ring (bicyclic) bond motifs is 2. The summed E-state index contributed by atoms with van der Waals surface area (Å²) in [6.07, 6.45) is 3.85. The summed E-state index contributed by atoms with van der Waals surface area (Å²) in [7, 11) is 0. The van der Waals surface area contributed by atoms with Gasteiger partial charge in [0.25, 0.3) is 11.5 Å². The summed E-state index contributed by atoms with van der Waals surface area (Å²) in [5.41, 5.74) is 1.81. The van der Waals surface area contributed by atoms with Crippen molar-refractivity contribution in [3.05, 3.63) is 69.8 Å². The van der Waals surface area contributed by atoms with Crippen LogP contribution in [0, 0.1) is 0 Å². The van der Waals surface area contributed by atoms with Gasteiger partial charge in [0.15, 0.2) is 5.78 Å². The molecule has 6 nitrogen and oxygen atoms in total. The van der Waals surface area contributed by atoms with Crippen LogP contribution in [-0.2, 0) is 13.0 Å². The number of ketones is 1. The molecule has 3 aromatic rings. The number of carbonyl (C=O) groups excluding carboxylic acids is 2. The molecule has 1 aliphatic rings. The molecule has 0 bridgehead atoms. The highest BCUT2D eigenvalue weighted by Gasteiger charge is 2.16. The first-order chi connectivity index (χ1) is 13.5. The van der Waals surface area contributed by atoms with Gasteiger partial charge in [-0.2, -0.15) is 0 Å². The molecule has 0 unspecified atom stereocenters. The van der Waals surface area contributed by atoms with Gasteiger partial charge in [0.2, 0.25) is 0 Å². The summed E-state index contributed by atoms with van der Waals surface area (Å²) in [4.78, 5) is 42.0. The van der Waals surface area contributed by atoms with Crippen LogP contribution in [-0.4, -0.2) is 21.2 Å². The second kappa shape index (κ2) is 7.38. The molecule has 1 amide bonds. The van der Waals surface area contributed by atoms with Crippen LogP contribution in [0.3, 0.4) is 0 Å². The van der Waals surface area contributed by atoms with Crippen LogP contribution in [0.25, 0.3) is 10.9 Å². The molecule has 0 atom stereocenters. The van der Waals surface area contributed by atoms with E-state index in [-0.39, 0.29) is 17.2 Å². The average molecular weight is 375 g/mol. The smallest absolute Gasteiger partial charge is 0.261 e. The molecule has 0 fully saturated rings. The van der Waals surface area contributed by atoms with Crippen LogP contribution >= 0.6 is 0 Å². The predicted octanol–water partition coefficient (Wildman–Crippen LogP) is 3.58. The van der Waals surface area contributed by atoms with Crippen molar-refractivity contribution in [1.29, 1.82) is 0 Å². The first kappa shape index (κ1) is 18.1. The number of amides is 1. The maximum absolute atomic E-state index is 12.8. The fourth-order valence-corrected chi connectivity index (χ4v) is 3.65. The van der Waals surface area contributed by atoms with Gasteiger partial charge in [-0.3, -0.25) is 19.0 Å². The molecule has 1 aromatic heterocycles. The lowest BCUT2D eigenvalue weighted by Gasteiger charge is -2.12. The highest BCUT2D eigenvalue weighted by Crippen LogP contribution is 2.19. The Morgan fingerprint density at radius 1 is 1.07 bits per heavy atom. The molecule has 1 N–H and O–H groups in total. The molecule has 0 aliphatic carbocycles. The first-order valence-electron chi connectivity index (χ1n) is 9.49. The summed E-state index contributed by atoms with van der Waals surface area (Å²) in [6, 6.07) is 11.8. The summed E-state index contributed by atoms with van der Waals surface area (Å²) in [6.45, 7) is 2.16. The highest BCUT2D eigenvalue weighted by molar-refractivity contribution is 6.09. The Labute approximate surface area is 162 Å². The maximum Gasteiger partial charge on any atom is 0.261 e. The van der Waals surface area contributed by atoms with Crippen molar-refractivity contribution in [2.24, 2.45) is 0 Å². The van der Waals surface area contributed by atoms with E-state index in [1.165, 1.54) is 6.92 Å². The minimum Gasteiger partial charge on any atom is -0.321 e. The van der Waals surface area contributed by atoms with Gasteiger partial charge in [0, 0.05) is 24.1 Å². The number of anilines is 1. The van der Waals surface area contributed by atoms with Crippen LogP contribution in [0.4, 0.5) is 5.69 Å². The molecule has 0 saturated heterocycles. The largest absolute Gasteiger partial charge is 0.321 e. The van der Waals surface area contributed by atoms with E-state index in [0.717, 1.165) is 31.5 Å². The highest BCUT2D eigenvalue weighted by atomic mass is 16.2. The Morgan fingerprint density at radius 2 is 1.89 bits per heavy atom.